The summed E-state index contributed by atoms with van der Waals surface area (Å²) in [6.45, 7) is 5.95. The number of hydrogen-bond donors (Lipinski definition) is 3. The van der Waals surface area contributed by atoms with Crippen LogP contribution in [0.1, 0.15) is 46.4 Å². The molecule has 1 aliphatic rings. The molecule has 11 heteroatoms. The van der Waals surface area contributed by atoms with Crippen molar-refractivity contribution in [3.8, 4) is 16.9 Å². The van der Waals surface area contributed by atoms with E-state index in [4.69, 9.17) is 21.1 Å². The molecule has 1 atom stereocenters. The van der Waals surface area contributed by atoms with E-state index in [2.05, 4.69) is 15.0 Å². The molecule has 0 amide bonds. The number of rotatable bonds is 11. The van der Waals surface area contributed by atoms with Crippen molar-refractivity contribution in [2.45, 2.75) is 32.3 Å². The number of aryl methyl sites for hydroxylation is 2. The first-order valence-corrected chi connectivity index (χ1v) is 15.5. The number of halogens is 2. The molecule has 0 saturated carbocycles. The van der Waals surface area contributed by atoms with Crippen LogP contribution in [0, 0.1) is 12.7 Å². The van der Waals surface area contributed by atoms with Crippen molar-refractivity contribution in [3.05, 3.63) is 82.0 Å². The van der Waals surface area contributed by atoms with Crippen LogP contribution in [0.15, 0.2) is 48.5 Å². The number of aromatic amines is 1. The lowest BCUT2D eigenvalue weighted by molar-refractivity contribution is 0.0297. The van der Waals surface area contributed by atoms with E-state index in [1.54, 1.807) is 16.8 Å². The minimum atomic E-state index is -1.08. The number of aromatic carboxylic acids is 1. The Morgan fingerprint density at radius 3 is 2.71 bits per heavy atom. The number of morpholine rings is 1. The highest BCUT2D eigenvalue weighted by molar-refractivity contribution is 6.35. The van der Waals surface area contributed by atoms with Gasteiger partial charge in [-0.2, -0.15) is 5.10 Å². The molecule has 3 N–H and O–H groups in total. The summed E-state index contributed by atoms with van der Waals surface area (Å²) in [5, 5.41) is 28.9. The van der Waals surface area contributed by atoms with Crippen LogP contribution in [0.5, 0.6) is 5.75 Å². The van der Waals surface area contributed by atoms with Gasteiger partial charge in [-0.05, 0) is 67.5 Å². The number of fused-ring (bicyclic) bond motifs is 2. The second-order valence-corrected chi connectivity index (χ2v) is 11.8. The van der Waals surface area contributed by atoms with Crippen molar-refractivity contribution in [2.24, 2.45) is 7.05 Å². The molecule has 1 fully saturated rings. The van der Waals surface area contributed by atoms with Crippen molar-refractivity contribution >= 4 is 39.2 Å². The summed E-state index contributed by atoms with van der Waals surface area (Å²) >= 11 is 6.84. The molecule has 3 heterocycles. The maximum atomic E-state index is 13.7. The Balaban J connectivity index is 1.28. The van der Waals surface area contributed by atoms with Gasteiger partial charge in [0.25, 0.3) is 0 Å². The number of aliphatic hydroxyl groups excluding tert-OH is 1. The smallest absolute Gasteiger partial charge is 0.352 e. The number of nitrogens with zero attached hydrogens (tertiary/aromatic N) is 3. The van der Waals surface area contributed by atoms with E-state index in [-0.39, 0.29) is 11.5 Å². The molecule has 45 heavy (non-hydrogen) atoms. The summed E-state index contributed by atoms with van der Waals surface area (Å²) in [7, 11) is 1.82. The van der Waals surface area contributed by atoms with Crippen LogP contribution in [0.25, 0.3) is 32.8 Å². The van der Waals surface area contributed by atoms with Gasteiger partial charge in [-0.3, -0.25) is 9.58 Å². The molecular formula is C34H36ClFN4O5. The van der Waals surface area contributed by atoms with E-state index < -0.39 is 12.1 Å². The zero-order chi connectivity index (χ0) is 31.7. The van der Waals surface area contributed by atoms with Crippen molar-refractivity contribution in [3.63, 3.8) is 0 Å². The van der Waals surface area contributed by atoms with E-state index in [9.17, 15) is 19.4 Å². The molecule has 0 radical (unpaired) electrons. The van der Waals surface area contributed by atoms with Crippen LogP contribution in [-0.2, 0) is 18.2 Å². The van der Waals surface area contributed by atoms with Gasteiger partial charge >= 0.3 is 5.97 Å². The normalized spacial score (nSPS) is 14.8. The second kappa shape index (κ2) is 13.2. The molecule has 3 aromatic carbocycles. The van der Waals surface area contributed by atoms with Crippen LogP contribution in [0.2, 0.25) is 5.02 Å². The first kappa shape index (κ1) is 31.0. The lowest BCUT2D eigenvalue weighted by Crippen LogP contribution is -2.37. The number of carboxylic acids is 1. The number of aliphatic hydroxyl groups is 1. The van der Waals surface area contributed by atoms with E-state index in [0.717, 1.165) is 34.9 Å². The van der Waals surface area contributed by atoms with E-state index >= 15 is 0 Å². The fraction of sp³-hybridized carbons (Fsp3) is 0.353. The third kappa shape index (κ3) is 6.28. The van der Waals surface area contributed by atoms with E-state index in [1.165, 1.54) is 12.1 Å². The molecular weight excluding hydrogens is 599 g/mol. The Morgan fingerprint density at radius 1 is 1.16 bits per heavy atom. The molecule has 6 rings (SSSR count). The van der Waals surface area contributed by atoms with Gasteiger partial charge in [0.05, 0.1) is 42.2 Å². The molecule has 2 aromatic heterocycles. The van der Waals surface area contributed by atoms with Crippen molar-refractivity contribution in [1.82, 2.24) is 19.7 Å². The topological polar surface area (TPSA) is 113 Å². The zero-order valence-corrected chi connectivity index (χ0v) is 26.0. The number of hydrogen-bond acceptors (Lipinski definition) is 6. The average molecular weight is 635 g/mol. The number of aromatic nitrogens is 3. The van der Waals surface area contributed by atoms with Gasteiger partial charge in [0, 0.05) is 54.3 Å². The van der Waals surface area contributed by atoms with Crippen molar-refractivity contribution in [2.75, 3.05) is 39.5 Å². The second-order valence-electron chi connectivity index (χ2n) is 11.4. The van der Waals surface area contributed by atoms with E-state index in [1.807, 2.05) is 38.2 Å². The Bertz CT molecular complexity index is 1860. The van der Waals surface area contributed by atoms with Gasteiger partial charge < -0.3 is 24.7 Å². The number of carbonyl (C=O) groups is 1. The predicted molar refractivity (Wildman–Crippen MR) is 172 cm³/mol. The summed E-state index contributed by atoms with van der Waals surface area (Å²) < 4.78 is 26.9. The van der Waals surface area contributed by atoms with Crippen LogP contribution in [-0.4, -0.2) is 75.3 Å². The molecule has 0 bridgehead atoms. The Labute approximate surface area is 265 Å². The fourth-order valence-electron chi connectivity index (χ4n) is 6.20. The molecule has 5 aromatic rings. The number of benzene rings is 3. The highest BCUT2D eigenvalue weighted by atomic mass is 35.5. The minimum Gasteiger partial charge on any atom is -0.493 e. The zero-order valence-electron chi connectivity index (χ0n) is 25.3. The quantitative estimate of drug-likeness (QED) is 0.146. The highest BCUT2D eigenvalue weighted by Crippen LogP contribution is 2.42. The molecule has 236 valence electrons. The molecule has 1 aliphatic heterocycles. The van der Waals surface area contributed by atoms with Gasteiger partial charge in [-0.1, -0.05) is 29.8 Å². The molecule has 9 nitrogen and oxygen atoms in total. The van der Waals surface area contributed by atoms with Gasteiger partial charge in [0.2, 0.25) is 0 Å². The Morgan fingerprint density at radius 2 is 1.93 bits per heavy atom. The maximum Gasteiger partial charge on any atom is 0.352 e. The van der Waals surface area contributed by atoms with Crippen LogP contribution in [0.4, 0.5) is 4.39 Å². The average Bonchev–Trinajstić information content (AvgIpc) is 3.55. The standard InChI is InChI=1S/C34H36ClFN4O5/c1-20-29(33(38-39(20)2)27(41)12-13-40-14-17-44-18-15-40)30-26(35)11-10-25-24(32(34(42)43)37-31(25)30)6-4-16-45-28-7-3-5-21-19-22(36)8-9-23(21)28/h3,5,7-11,19,27,37,41H,4,6,12-18H2,1-2H3,(H,42,43). The predicted octanol–water partition coefficient (Wildman–Crippen LogP) is 6.29. The van der Waals surface area contributed by atoms with Crippen LogP contribution < -0.4 is 4.74 Å². The highest BCUT2D eigenvalue weighted by Gasteiger charge is 2.28. The molecule has 1 unspecified atom stereocenters. The number of ether oxygens (including phenoxy) is 2. The van der Waals surface area contributed by atoms with Crippen LogP contribution in [0.3, 0.4) is 0 Å². The van der Waals surface area contributed by atoms with Crippen molar-refractivity contribution in [1.29, 1.82) is 0 Å². The third-order valence-electron chi connectivity index (χ3n) is 8.63. The Hall–Kier alpha value is -3.96. The first-order valence-electron chi connectivity index (χ1n) is 15.1. The van der Waals surface area contributed by atoms with Gasteiger partial charge in [0.1, 0.15) is 17.3 Å². The molecule has 0 spiro atoms. The van der Waals surface area contributed by atoms with Gasteiger partial charge in [0.15, 0.2) is 0 Å². The van der Waals surface area contributed by atoms with E-state index in [0.29, 0.717) is 84.3 Å². The summed E-state index contributed by atoms with van der Waals surface area (Å²) in [4.78, 5) is 17.8. The monoisotopic (exact) mass is 634 g/mol. The summed E-state index contributed by atoms with van der Waals surface area (Å²) in [5.74, 6) is -0.740. The lowest BCUT2D eigenvalue weighted by atomic mass is 9.96. The van der Waals surface area contributed by atoms with Crippen LogP contribution >= 0.6 is 11.6 Å². The molecule has 0 aliphatic carbocycles. The number of nitrogens with one attached hydrogen (secondary N) is 1. The lowest BCUT2D eigenvalue weighted by Gasteiger charge is -2.27. The number of H-pyrrole nitrogens is 1. The first-order chi connectivity index (χ1) is 21.7. The SMILES string of the molecule is Cc1c(-c2c(Cl)ccc3c(CCCOc4cccc5cc(F)ccc45)c(C(=O)O)[nH]c23)c(C(O)CCN2CCOCC2)nn1C. The van der Waals surface area contributed by atoms with Crippen molar-refractivity contribution < 1.29 is 28.9 Å². The minimum absolute atomic E-state index is 0.0881. The maximum absolute atomic E-state index is 13.7. The Kier molecular flexibility index (Phi) is 9.09. The summed E-state index contributed by atoms with van der Waals surface area (Å²) in [6.07, 6.45) is 0.618. The number of carboxylic acid groups (broad SMARTS) is 1. The summed E-state index contributed by atoms with van der Waals surface area (Å²) in [5.41, 5.74) is 3.95. The third-order valence-corrected chi connectivity index (χ3v) is 8.94. The van der Waals surface area contributed by atoms with Gasteiger partial charge in [-0.15, -0.1) is 0 Å². The molecule has 1 saturated heterocycles. The largest absolute Gasteiger partial charge is 0.493 e. The fourth-order valence-corrected chi connectivity index (χ4v) is 6.46. The summed E-state index contributed by atoms with van der Waals surface area (Å²) in [6, 6.07) is 13.7. The van der Waals surface area contributed by atoms with Gasteiger partial charge in [-0.25, -0.2) is 9.18 Å².